The third kappa shape index (κ3) is 3.97. The van der Waals surface area contributed by atoms with Crippen LogP contribution in [0.15, 0.2) is 78.6 Å². The first kappa shape index (κ1) is 21.2. The maximum atomic E-state index is 13.5. The summed E-state index contributed by atoms with van der Waals surface area (Å²) in [4.78, 5) is 31.3. The van der Waals surface area contributed by atoms with E-state index in [9.17, 15) is 19.1 Å². The van der Waals surface area contributed by atoms with E-state index in [1.54, 1.807) is 48.8 Å². The number of Topliss-reactive ketones (excluding diaryl/α,β-unsaturated/α-hetero) is 1. The fraction of sp³-hybridized carbons (Fsp3) is 0.160. The summed E-state index contributed by atoms with van der Waals surface area (Å²) in [6.07, 6.45) is 3.94. The molecule has 4 rings (SSSR count). The zero-order valence-corrected chi connectivity index (χ0v) is 17.4. The Morgan fingerprint density at radius 1 is 1.03 bits per heavy atom. The topological polar surface area (TPSA) is 79.7 Å². The average Bonchev–Trinajstić information content (AvgIpc) is 3.09. The van der Waals surface area contributed by atoms with Crippen LogP contribution in [0.3, 0.4) is 0 Å². The summed E-state index contributed by atoms with van der Waals surface area (Å²) in [6, 6.07) is 14.4. The Hall–Kier alpha value is -4.00. The third-order valence-electron chi connectivity index (χ3n) is 5.17. The van der Waals surface area contributed by atoms with E-state index in [0.717, 1.165) is 6.42 Å². The molecule has 2 aromatic carbocycles. The highest BCUT2D eigenvalue weighted by molar-refractivity contribution is 6.51. The predicted octanol–water partition coefficient (Wildman–Crippen LogP) is 4.64. The molecule has 0 saturated carbocycles. The first-order chi connectivity index (χ1) is 15.5. The molecule has 1 aromatic heterocycles. The van der Waals surface area contributed by atoms with Gasteiger partial charge in [-0.15, -0.1) is 0 Å². The average molecular weight is 432 g/mol. The molecule has 6 nitrogen and oxygen atoms in total. The summed E-state index contributed by atoms with van der Waals surface area (Å²) in [5.74, 6) is -1.74. The van der Waals surface area contributed by atoms with Crippen LogP contribution in [0, 0.1) is 5.82 Å². The predicted molar refractivity (Wildman–Crippen MR) is 118 cm³/mol. The number of carbonyl (C=O) groups is 2. The lowest BCUT2D eigenvalue weighted by molar-refractivity contribution is -0.132. The third-order valence-corrected chi connectivity index (χ3v) is 5.17. The van der Waals surface area contributed by atoms with Gasteiger partial charge in [-0.05, 0) is 72.6 Å². The number of amides is 1. The number of nitrogens with zero attached hydrogens (tertiary/aromatic N) is 2. The van der Waals surface area contributed by atoms with Gasteiger partial charge in [-0.3, -0.25) is 19.5 Å². The number of ether oxygens (including phenoxy) is 1. The van der Waals surface area contributed by atoms with Crippen LogP contribution in [0.2, 0.25) is 0 Å². The van der Waals surface area contributed by atoms with Gasteiger partial charge in [0.2, 0.25) is 0 Å². The number of hydrogen-bond donors (Lipinski definition) is 1. The minimum atomic E-state index is -0.889. The van der Waals surface area contributed by atoms with Crippen LogP contribution >= 0.6 is 0 Å². The fourth-order valence-electron chi connectivity index (χ4n) is 3.65. The van der Waals surface area contributed by atoms with E-state index in [2.05, 4.69) is 4.98 Å². The Labute approximate surface area is 184 Å². The quantitative estimate of drug-likeness (QED) is 0.349. The number of benzene rings is 2. The van der Waals surface area contributed by atoms with E-state index in [1.807, 2.05) is 6.92 Å². The van der Waals surface area contributed by atoms with Crippen LogP contribution in [0.4, 0.5) is 10.1 Å². The van der Waals surface area contributed by atoms with E-state index >= 15 is 0 Å². The number of carbonyl (C=O) groups excluding carboxylic acids is 2. The van der Waals surface area contributed by atoms with Crippen molar-refractivity contribution in [2.24, 2.45) is 0 Å². The highest BCUT2D eigenvalue weighted by Gasteiger charge is 2.46. The Bertz CT molecular complexity index is 1160. The summed E-state index contributed by atoms with van der Waals surface area (Å²) < 4.78 is 19.0. The second-order valence-corrected chi connectivity index (χ2v) is 7.30. The molecule has 32 heavy (non-hydrogen) atoms. The number of anilines is 1. The van der Waals surface area contributed by atoms with Gasteiger partial charge >= 0.3 is 0 Å². The minimum absolute atomic E-state index is 0.0484. The molecule has 3 aromatic rings. The summed E-state index contributed by atoms with van der Waals surface area (Å²) >= 11 is 0. The number of aliphatic hydroxyl groups is 1. The second-order valence-electron chi connectivity index (χ2n) is 7.30. The lowest BCUT2D eigenvalue weighted by atomic mass is 9.95. The molecule has 1 amide bonds. The van der Waals surface area contributed by atoms with E-state index in [0.29, 0.717) is 29.2 Å². The molecule has 0 radical (unpaired) electrons. The van der Waals surface area contributed by atoms with Crippen molar-refractivity contribution >= 4 is 23.1 Å². The van der Waals surface area contributed by atoms with Crippen LogP contribution < -0.4 is 9.64 Å². The van der Waals surface area contributed by atoms with Crippen LogP contribution in [0.1, 0.15) is 30.5 Å². The highest BCUT2D eigenvalue weighted by Crippen LogP contribution is 2.42. The van der Waals surface area contributed by atoms with Crippen molar-refractivity contribution in [1.29, 1.82) is 0 Å². The van der Waals surface area contributed by atoms with E-state index in [1.165, 1.54) is 29.2 Å². The number of pyridine rings is 1. The molecule has 1 unspecified atom stereocenters. The summed E-state index contributed by atoms with van der Waals surface area (Å²) in [6.45, 7) is 2.57. The van der Waals surface area contributed by atoms with Crippen LogP contribution in [-0.4, -0.2) is 28.4 Å². The first-order valence-corrected chi connectivity index (χ1v) is 10.2. The van der Waals surface area contributed by atoms with Gasteiger partial charge in [0, 0.05) is 23.6 Å². The van der Waals surface area contributed by atoms with Crippen molar-refractivity contribution in [3.8, 4) is 5.75 Å². The maximum absolute atomic E-state index is 13.5. The maximum Gasteiger partial charge on any atom is 0.300 e. The lowest BCUT2D eigenvalue weighted by Crippen LogP contribution is -2.29. The van der Waals surface area contributed by atoms with E-state index < -0.39 is 23.5 Å². The van der Waals surface area contributed by atoms with Gasteiger partial charge in [0.1, 0.15) is 17.3 Å². The second kappa shape index (κ2) is 9.01. The normalized spacial score (nSPS) is 17.6. The Morgan fingerprint density at radius 3 is 2.31 bits per heavy atom. The molecule has 1 aliphatic rings. The molecule has 162 valence electrons. The summed E-state index contributed by atoms with van der Waals surface area (Å²) in [5.41, 5.74) is 1.27. The van der Waals surface area contributed by atoms with Crippen molar-refractivity contribution in [3.63, 3.8) is 0 Å². The molecule has 1 atom stereocenters. The van der Waals surface area contributed by atoms with Crippen molar-refractivity contribution in [3.05, 3.63) is 95.6 Å². The van der Waals surface area contributed by atoms with Crippen molar-refractivity contribution in [2.75, 3.05) is 11.5 Å². The molecule has 7 heteroatoms. The molecular formula is C25H21FN2O4. The van der Waals surface area contributed by atoms with Crippen molar-refractivity contribution < 1.29 is 23.8 Å². The number of halogens is 1. The SMILES string of the molecule is CCCOc1ccc(/C(O)=C2/C(=O)C(=O)N(c3ccc(F)cc3)C2c2ccncc2)cc1. The van der Waals surface area contributed by atoms with Gasteiger partial charge in [-0.25, -0.2) is 4.39 Å². The monoisotopic (exact) mass is 432 g/mol. The molecule has 0 bridgehead atoms. The summed E-state index contributed by atoms with van der Waals surface area (Å²) in [7, 11) is 0. The Balaban J connectivity index is 1.82. The Kier molecular flexibility index (Phi) is 5.98. The number of aliphatic hydroxyl groups excluding tert-OH is 1. The molecular weight excluding hydrogens is 411 g/mol. The van der Waals surface area contributed by atoms with Gasteiger partial charge < -0.3 is 9.84 Å². The van der Waals surface area contributed by atoms with Crippen molar-refractivity contribution in [1.82, 2.24) is 4.98 Å². The van der Waals surface area contributed by atoms with Gasteiger partial charge in [0.15, 0.2) is 0 Å². The van der Waals surface area contributed by atoms with Crippen LogP contribution in [0.5, 0.6) is 5.75 Å². The van der Waals surface area contributed by atoms with E-state index in [-0.39, 0.29) is 11.3 Å². The summed E-state index contributed by atoms with van der Waals surface area (Å²) in [5, 5.41) is 11.1. The lowest BCUT2D eigenvalue weighted by Gasteiger charge is -2.25. The number of hydrogen-bond acceptors (Lipinski definition) is 5. The minimum Gasteiger partial charge on any atom is -0.507 e. The molecule has 1 N–H and O–H groups in total. The zero-order valence-electron chi connectivity index (χ0n) is 17.4. The van der Waals surface area contributed by atoms with E-state index in [4.69, 9.17) is 4.74 Å². The van der Waals surface area contributed by atoms with Crippen LogP contribution in [0.25, 0.3) is 5.76 Å². The zero-order chi connectivity index (χ0) is 22.7. The van der Waals surface area contributed by atoms with Gasteiger partial charge in [0.05, 0.1) is 18.2 Å². The number of rotatable bonds is 6. The number of aromatic nitrogens is 1. The van der Waals surface area contributed by atoms with Gasteiger partial charge in [0.25, 0.3) is 11.7 Å². The van der Waals surface area contributed by atoms with Gasteiger partial charge in [-0.1, -0.05) is 6.92 Å². The molecule has 0 spiro atoms. The number of ketones is 1. The van der Waals surface area contributed by atoms with Crippen molar-refractivity contribution in [2.45, 2.75) is 19.4 Å². The molecule has 1 saturated heterocycles. The standard InChI is InChI=1S/C25H21FN2O4/c1-2-15-32-20-9-3-17(4-10-20)23(29)21-22(16-11-13-27-14-12-16)28(25(31)24(21)30)19-7-5-18(26)6-8-19/h3-14,22,29H,2,15H2,1H3/b23-21-. The largest absolute Gasteiger partial charge is 0.507 e. The molecule has 1 aliphatic heterocycles. The molecule has 2 heterocycles. The van der Waals surface area contributed by atoms with Gasteiger partial charge in [-0.2, -0.15) is 0 Å². The fourth-order valence-corrected chi connectivity index (χ4v) is 3.65. The molecule has 1 fully saturated rings. The first-order valence-electron chi connectivity index (χ1n) is 10.2. The highest BCUT2D eigenvalue weighted by atomic mass is 19.1. The Morgan fingerprint density at radius 2 is 1.69 bits per heavy atom. The molecule has 0 aliphatic carbocycles. The van der Waals surface area contributed by atoms with Crippen LogP contribution in [-0.2, 0) is 9.59 Å². The smallest absolute Gasteiger partial charge is 0.300 e.